The van der Waals surface area contributed by atoms with Crippen LogP contribution in [-0.2, 0) is 25.4 Å². The molecule has 0 atom stereocenters. The molecule has 0 unspecified atom stereocenters. The molecule has 10 aromatic rings. The van der Waals surface area contributed by atoms with Gasteiger partial charge in [0.15, 0.2) is 0 Å². The number of benzene rings is 8. The average molecular weight is 1490 g/mol. The number of hydrogen-bond donors (Lipinski definition) is 0. The predicted molar refractivity (Wildman–Crippen MR) is 387 cm³/mol. The summed E-state index contributed by atoms with van der Waals surface area (Å²) in [4.78, 5) is 8.19. The monoisotopic (exact) mass is 1490 g/mol. The summed E-state index contributed by atoms with van der Waals surface area (Å²) >= 11 is 15.2. The zero-order valence-electron chi connectivity index (χ0n) is 50.6. The van der Waals surface area contributed by atoms with Crippen molar-refractivity contribution < 1.29 is 25.4 Å². The summed E-state index contributed by atoms with van der Waals surface area (Å²) in [5.41, 5.74) is 0.713. The van der Waals surface area contributed by atoms with E-state index in [9.17, 15) is 0 Å². The van der Waals surface area contributed by atoms with Gasteiger partial charge in [-0.3, -0.25) is 0 Å². The molecule has 0 fully saturated rings. The van der Waals surface area contributed by atoms with Crippen LogP contribution in [0.3, 0.4) is 0 Å². The van der Waals surface area contributed by atoms with Gasteiger partial charge in [0.05, 0.1) is 6.61 Å². The molecule has 0 aliphatic carbocycles. The minimum Gasteiger partial charge on any atom is -0.0622 e. The molecule has 10 rings (SSSR count). The van der Waals surface area contributed by atoms with Crippen molar-refractivity contribution in [1.82, 2.24) is 9.97 Å². The maximum atomic E-state index is 5.96. The number of unbranched alkanes of at least 4 members (excludes halogenated alkanes) is 3. The number of fused-ring (bicyclic) bond motifs is 2. The third-order valence-corrected chi connectivity index (χ3v) is 34.6. The molecular formula is C74H81Cl5N2O2P2PdSn. The van der Waals surface area contributed by atoms with E-state index in [4.69, 9.17) is 63.3 Å². The van der Waals surface area contributed by atoms with Crippen molar-refractivity contribution in [2.75, 3.05) is 13.2 Å². The summed E-state index contributed by atoms with van der Waals surface area (Å²) in [6, 6.07) is 83.9. The second-order valence-corrected chi connectivity index (χ2v) is 41.1. The molecule has 0 radical (unpaired) electrons. The summed E-state index contributed by atoms with van der Waals surface area (Å²) in [6.07, 6.45) is 8.10. The van der Waals surface area contributed by atoms with Crippen LogP contribution in [0.1, 0.15) is 78.8 Å². The van der Waals surface area contributed by atoms with Crippen LogP contribution in [0.5, 0.6) is 0 Å². The van der Waals surface area contributed by atoms with Gasteiger partial charge < -0.3 is 4.74 Å². The number of aromatic nitrogens is 2. The first-order valence-corrected chi connectivity index (χ1v) is 44.9. The molecule has 0 N–H and O–H groups in total. The Bertz CT molecular complexity index is 3180. The Kier molecular flexibility index (Phi) is 35.7. The fourth-order valence-electron chi connectivity index (χ4n) is 9.77. The minimum absolute atomic E-state index is 0.106. The van der Waals surface area contributed by atoms with Crippen LogP contribution in [0.4, 0.5) is 0 Å². The van der Waals surface area contributed by atoms with Crippen LogP contribution < -0.4 is 31.8 Å². The quantitative estimate of drug-likeness (QED) is 0.0311. The zero-order valence-corrected chi connectivity index (χ0v) is 60.6. The molecule has 0 saturated carbocycles. The molecule has 0 amide bonds. The van der Waals surface area contributed by atoms with E-state index in [-0.39, 0.29) is 15.9 Å². The van der Waals surface area contributed by atoms with E-state index < -0.39 is 34.2 Å². The Hall–Kier alpha value is -4.57. The van der Waals surface area contributed by atoms with Crippen LogP contribution in [0.15, 0.2) is 260 Å². The Morgan fingerprint density at radius 2 is 0.701 bits per heavy atom. The van der Waals surface area contributed by atoms with Gasteiger partial charge in [-0.2, -0.15) is 0 Å². The number of hydrogen-bond acceptors (Lipinski definition) is 4. The van der Waals surface area contributed by atoms with Gasteiger partial charge in [-0.25, -0.2) is 9.97 Å². The van der Waals surface area contributed by atoms with Crippen LogP contribution in [0.2, 0.25) is 28.8 Å². The third kappa shape index (κ3) is 24.6. The third-order valence-electron chi connectivity index (χ3n) is 14.0. The summed E-state index contributed by atoms with van der Waals surface area (Å²) in [5, 5.41) is 13.7. The van der Waals surface area contributed by atoms with Crippen LogP contribution >= 0.6 is 69.7 Å². The van der Waals surface area contributed by atoms with Gasteiger partial charge in [0.1, 0.15) is 26.9 Å². The maximum absolute atomic E-state index is 5.96. The molecule has 0 saturated heterocycles. The molecule has 87 heavy (non-hydrogen) atoms. The molecule has 4 nitrogen and oxygen atoms in total. The second kappa shape index (κ2) is 42.4. The van der Waals surface area contributed by atoms with E-state index in [0.29, 0.717) is 33.5 Å². The Morgan fingerprint density at radius 1 is 0.414 bits per heavy atom. The van der Waals surface area contributed by atoms with Crippen molar-refractivity contribution in [1.29, 1.82) is 0 Å². The molecular weight excluding hydrogens is 1410 g/mol. The first-order chi connectivity index (χ1) is 42.5. The first kappa shape index (κ1) is 73.2. The molecule has 458 valence electrons. The minimum atomic E-state index is -2.24. The van der Waals surface area contributed by atoms with Gasteiger partial charge >= 0.3 is 155 Å². The van der Waals surface area contributed by atoms with Crippen molar-refractivity contribution in [2.45, 2.75) is 86.5 Å². The van der Waals surface area contributed by atoms with Gasteiger partial charge in [-0.1, -0.05) is 272 Å². The summed E-state index contributed by atoms with van der Waals surface area (Å²) in [5.74, 6) is 0.557. The molecule has 0 spiro atoms. The van der Waals surface area contributed by atoms with Crippen LogP contribution in [0.25, 0.3) is 27.3 Å². The van der Waals surface area contributed by atoms with Gasteiger partial charge in [0, 0.05) is 10.8 Å². The number of pyridine rings is 2. The molecule has 2 heterocycles. The maximum Gasteiger partial charge on any atom is -0.0134 e. The van der Waals surface area contributed by atoms with E-state index in [1.807, 2.05) is 61.5 Å². The number of nitrogens with zero attached hydrogens (tertiary/aromatic N) is 2. The molecule has 13 heteroatoms. The molecule has 2 aromatic heterocycles. The topological polar surface area (TPSA) is 44.2 Å². The van der Waals surface area contributed by atoms with Gasteiger partial charge in [-0.15, -0.1) is 0 Å². The van der Waals surface area contributed by atoms with E-state index in [1.54, 1.807) is 6.07 Å². The van der Waals surface area contributed by atoms with E-state index in [1.165, 1.54) is 87.4 Å². The van der Waals surface area contributed by atoms with Crippen LogP contribution in [-0.4, -0.2) is 41.6 Å². The SMILES string of the molecule is C=C(OCC)c1nc(Cl)cc2ccccc12.C=[C](OCC)[Sn]([CH2]CCC)([CH2]CCC)[CH2]CCC.Clc1cc2ccccc2c(Cl)n1.[Cl][Pd][Cl].c1ccc(P(c2ccccc2)c2ccccc2)cc1.c1ccc(P(c2ccccc2)c2ccccc2)cc1. The number of halogens is 5. The predicted octanol–water partition coefficient (Wildman–Crippen LogP) is 21.6. The summed E-state index contributed by atoms with van der Waals surface area (Å²) in [7, 11) is 8.74. The summed E-state index contributed by atoms with van der Waals surface area (Å²) < 4.78 is 16.9. The fraction of sp³-hybridized carbons (Fsp3) is 0.216. The number of rotatable bonds is 21. The molecule has 0 aliphatic heterocycles. The molecule has 0 bridgehead atoms. The van der Waals surface area contributed by atoms with Crippen molar-refractivity contribution in [3.8, 4) is 0 Å². The first-order valence-electron chi connectivity index (χ1n) is 29.6. The summed E-state index contributed by atoms with van der Waals surface area (Å²) in [6.45, 7) is 20.5. The van der Waals surface area contributed by atoms with Gasteiger partial charge in [0.2, 0.25) is 0 Å². The second-order valence-electron chi connectivity index (χ2n) is 20.0. The van der Waals surface area contributed by atoms with Gasteiger partial charge in [0.25, 0.3) is 0 Å². The van der Waals surface area contributed by atoms with Crippen molar-refractivity contribution in [3.05, 3.63) is 281 Å². The van der Waals surface area contributed by atoms with E-state index in [0.717, 1.165) is 28.2 Å². The fourth-order valence-corrected chi connectivity index (χ4v) is 29.7. The smallest absolute Gasteiger partial charge is 0.0134 e. The van der Waals surface area contributed by atoms with Crippen molar-refractivity contribution in [2.24, 2.45) is 0 Å². The largest absolute Gasteiger partial charge is 0.0622 e. The Morgan fingerprint density at radius 3 is 1.02 bits per heavy atom. The Balaban J connectivity index is 0.000000197. The van der Waals surface area contributed by atoms with E-state index in [2.05, 4.69) is 233 Å². The van der Waals surface area contributed by atoms with E-state index >= 15 is 0 Å². The van der Waals surface area contributed by atoms with Gasteiger partial charge in [-0.05, 0) is 77.5 Å². The van der Waals surface area contributed by atoms with Crippen LogP contribution in [0, 0.1) is 0 Å². The molecule has 8 aromatic carbocycles. The van der Waals surface area contributed by atoms with Crippen molar-refractivity contribution in [3.63, 3.8) is 0 Å². The average Bonchev–Trinajstić information content (AvgIpc) is 3.34. The zero-order chi connectivity index (χ0) is 62.5. The standard InChI is InChI=1S/2C18H15P.C13H12ClNO.C9H5Cl2N.C4H7O.3C4H9.2ClH.Pd.Sn/c2*1-4-10-16(11-5-1)19(17-12-6-2-7-13-17)18-14-8-3-9-15-18;1-3-16-9(2)13-11-7-5-4-6-10(11)8-12(14)15-13;10-8-5-6-3-1-2-4-7(6)9(11)12-8;1-3-5-4-2;3*1-3-4-2;;;;/h2*1-15H;4-8H,2-3H2,1H3;1-5H;1,4H2,2H3;3*1,3-4H2,2H3;2*1H;;/q;;;;;;;;;;+2;/p-2. The molecule has 0 aliphatic rings. The number of ether oxygens (including phenoxy) is 2. The normalized spacial score (nSPS) is 10.6. The van der Waals surface area contributed by atoms with Crippen molar-refractivity contribution >= 4 is 147 Å². The Labute approximate surface area is 557 Å².